The average Bonchev–Trinajstić information content (AvgIpc) is 3.44. The minimum atomic E-state index is 0.164. The van der Waals surface area contributed by atoms with Crippen LogP contribution in [0.1, 0.15) is 18.4 Å². The molecule has 0 bridgehead atoms. The van der Waals surface area contributed by atoms with E-state index in [0.29, 0.717) is 5.84 Å². The van der Waals surface area contributed by atoms with E-state index >= 15 is 0 Å². The summed E-state index contributed by atoms with van der Waals surface area (Å²) in [6.45, 7) is 0. The summed E-state index contributed by atoms with van der Waals surface area (Å²) in [6.07, 6.45) is 8.13. The van der Waals surface area contributed by atoms with Crippen molar-refractivity contribution in [3.63, 3.8) is 0 Å². The second-order valence-electron chi connectivity index (χ2n) is 10.5. The lowest BCUT2D eigenvalue weighted by Gasteiger charge is -2.10. The maximum absolute atomic E-state index is 8.69. The van der Waals surface area contributed by atoms with E-state index in [-0.39, 0.29) is 5.84 Å². The molecule has 0 fully saturated rings. The molecule has 5 aromatic carbocycles. The normalized spacial score (nSPS) is 13.4. The number of thiophene rings is 1. The number of allylic oxidation sites excluding steroid dienone is 2. The average molecular weight is 560 g/mol. The van der Waals surface area contributed by atoms with Gasteiger partial charge in [0, 0.05) is 31.3 Å². The highest BCUT2D eigenvalue weighted by molar-refractivity contribution is 7.26. The van der Waals surface area contributed by atoms with Crippen LogP contribution in [-0.2, 0) is 0 Å². The Balaban J connectivity index is 1.29. The summed E-state index contributed by atoms with van der Waals surface area (Å²) >= 11 is 1.82. The Morgan fingerprint density at radius 3 is 2.24 bits per heavy atom. The van der Waals surface area contributed by atoms with E-state index in [1.165, 1.54) is 42.4 Å². The first-order valence-corrected chi connectivity index (χ1v) is 15.0. The van der Waals surface area contributed by atoms with Gasteiger partial charge in [0.05, 0.1) is 0 Å². The van der Waals surface area contributed by atoms with Crippen LogP contribution < -0.4 is 5.73 Å². The third kappa shape index (κ3) is 4.98. The predicted octanol–water partition coefficient (Wildman–Crippen LogP) is 10.0. The van der Waals surface area contributed by atoms with Gasteiger partial charge in [0.25, 0.3) is 0 Å². The lowest BCUT2D eigenvalue weighted by molar-refractivity contribution is 1.03. The summed E-state index contributed by atoms with van der Waals surface area (Å²) in [7, 11) is 0. The lowest BCUT2D eigenvalue weighted by Crippen LogP contribution is -2.17. The number of nitrogens with two attached hydrogens (primary N) is 1. The molecule has 7 rings (SSSR count). The van der Waals surface area contributed by atoms with Crippen LogP contribution in [0.15, 0.2) is 144 Å². The van der Waals surface area contributed by atoms with Crippen LogP contribution in [0, 0.1) is 5.41 Å². The summed E-state index contributed by atoms with van der Waals surface area (Å²) in [5.41, 5.74) is 14.9. The van der Waals surface area contributed by atoms with Crippen LogP contribution >= 0.6 is 11.3 Å². The Morgan fingerprint density at radius 2 is 1.40 bits per heavy atom. The zero-order chi connectivity index (χ0) is 28.5. The molecule has 0 unspecified atom stereocenters. The Hall–Kier alpha value is -5.06. The fourth-order valence-corrected chi connectivity index (χ4v) is 6.76. The number of hydrogen-bond acceptors (Lipinski definition) is 2. The third-order valence-electron chi connectivity index (χ3n) is 7.77. The van der Waals surface area contributed by atoms with Gasteiger partial charge in [-0.3, -0.25) is 5.41 Å². The van der Waals surface area contributed by atoms with Crippen LogP contribution in [0.4, 0.5) is 0 Å². The van der Waals surface area contributed by atoms with Crippen LogP contribution in [0.5, 0.6) is 0 Å². The maximum Gasteiger partial charge on any atom is 0.154 e. The molecule has 6 aromatic rings. The third-order valence-corrected chi connectivity index (χ3v) is 8.90. The quantitative estimate of drug-likeness (QED) is 0.160. The number of nitrogens with one attached hydrogen (secondary N) is 1. The monoisotopic (exact) mass is 559 g/mol. The fourth-order valence-electron chi connectivity index (χ4n) is 5.64. The van der Waals surface area contributed by atoms with E-state index in [2.05, 4.69) is 120 Å². The van der Waals surface area contributed by atoms with E-state index in [4.69, 9.17) is 11.1 Å². The number of rotatable bonds is 5. The van der Waals surface area contributed by atoms with Gasteiger partial charge in [-0.15, -0.1) is 11.3 Å². The van der Waals surface area contributed by atoms with Gasteiger partial charge >= 0.3 is 0 Å². The van der Waals surface area contributed by atoms with E-state index < -0.39 is 0 Å². The standard InChI is InChI=1S/C38H29N3S/c39-37(26-12-5-2-6-13-26)41-38(40)31-17-8-16-30(23-31)32-18-9-19-35-36(32)33-24-29(20-21-34(33)42-35)28-15-7-14-27(22-28)25-10-3-1-4-11-25/h1,3-5,7-24H,2,6H2,(H3,39,40,41). The molecule has 4 heteroatoms. The first kappa shape index (κ1) is 25.9. The van der Waals surface area contributed by atoms with Crippen molar-refractivity contribution in [1.82, 2.24) is 0 Å². The minimum Gasteiger partial charge on any atom is -0.383 e. The Bertz CT molecular complexity index is 2060. The molecule has 0 aliphatic heterocycles. The molecule has 1 aliphatic rings. The van der Waals surface area contributed by atoms with Crippen molar-refractivity contribution >= 4 is 43.2 Å². The summed E-state index contributed by atoms with van der Waals surface area (Å²) in [5.74, 6) is 0.549. The van der Waals surface area contributed by atoms with Gasteiger partial charge in [0.15, 0.2) is 5.84 Å². The Labute approximate surface area is 249 Å². The van der Waals surface area contributed by atoms with Crippen LogP contribution in [0.25, 0.3) is 53.6 Å². The maximum atomic E-state index is 8.69. The minimum absolute atomic E-state index is 0.164. The zero-order valence-electron chi connectivity index (χ0n) is 23.0. The highest BCUT2D eigenvalue weighted by Crippen LogP contribution is 2.42. The molecule has 1 heterocycles. The van der Waals surface area contributed by atoms with E-state index in [0.717, 1.165) is 35.1 Å². The van der Waals surface area contributed by atoms with Crippen molar-refractivity contribution in [2.75, 3.05) is 0 Å². The number of fused-ring (bicyclic) bond motifs is 3. The van der Waals surface area contributed by atoms with Crippen molar-refractivity contribution < 1.29 is 0 Å². The van der Waals surface area contributed by atoms with Crippen molar-refractivity contribution in [2.24, 2.45) is 10.7 Å². The van der Waals surface area contributed by atoms with E-state index in [9.17, 15) is 0 Å². The van der Waals surface area contributed by atoms with Gasteiger partial charge in [0.1, 0.15) is 5.84 Å². The molecular weight excluding hydrogens is 531 g/mol. The van der Waals surface area contributed by atoms with Crippen LogP contribution in [0.3, 0.4) is 0 Å². The van der Waals surface area contributed by atoms with Gasteiger partial charge < -0.3 is 5.73 Å². The summed E-state index contributed by atoms with van der Waals surface area (Å²) in [4.78, 5) is 4.44. The van der Waals surface area contributed by atoms with Gasteiger partial charge in [-0.2, -0.15) is 0 Å². The molecule has 42 heavy (non-hydrogen) atoms. The molecule has 1 aliphatic carbocycles. The first-order chi connectivity index (χ1) is 20.6. The molecule has 3 nitrogen and oxygen atoms in total. The first-order valence-electron chi connectivity index (χ1n) is 14.2. The molecule has 0 spiro atoms. The lowest BCUT2D eigenvalue weighted by atomic mass is 9.95. The molecule has 0 saturated heterocycles. The molecule has 0 atom stereocenters. The topological polar surface area (TPSA) is 62.2 Å². The van der Waals surface area contributed by atoms with Crippen molar-refractivity contribution in [3.05, 3.63) is 145 Å². The second kappa shape index (κ2) is 11.1. The SMILES string of the molecule is N=C(N=C(N)C1=CCCC=C1)c1cccc(-c2cccc3sc4ccc(-c5cccc(-c6ccccc6)c5)cc4c23)c1. The summed E-state index contributed by atoms with van der Waals surface area (Å²) in [5, 5.41) is 11.2. The number of amidine groups is 2. The highest BCUT2D eigenvalue weighted by atomic mass is 32.1. The molecule has 202 valence electrons. The molecule has 0 amide bonds. The Morgan fingerprint density at radius 1 is 0.667 bits per heavy atom. The van der Waals surface area contributed by atoms with E-state index in [1.807, 2.05) is 29.5 Å². The van der Waals surface area contributed by atoms with Gasteiger partial charge in [-0.1, -0.05) is 103 Å². The predicted molar refractivity (Wildman–Crippen MR) is 181 cm³/mol. The molecular formula is C38H29N3S. The van der Waals surface area contributed by atoms with Crippen molar-refractivity contribution in [1.29, 1.82) is 5.41 Å². The number of aliphatic imine (C=N–C) groups is 1. The molecule has 3 N–H and O–H groups in total. The largest absolute Gasteiger partial charge is 0.383 e. The van der Waals surface area contributed by atoms with Gasteiger partial charge in [0.2, 0.25) is 0 Å². The number of nitrogens with zero attached hydrogens (tertiary/aromatic N) is 1. The van der Waals surface area contributed by atoms with Gasteiger partial charge in [-0.05, 0) is 76.6 Å². The van der Waals surface area contributed by atoms with Crippen LogP contribution in [-0.4, -0.2) is 11.7 Å². The van der Waals surface area contributed by atoms with Crippen LogP contribution in [0.2, 0.25) is 0 Å². The molecule has 0 saturated carbocycles. The van der Waals surface area contributed by atoms with Gasteiger partial charge in [-0.25, -0.2) is 4.99 Å². The zero-order valence-corrected chi connectivity index (χ0v) is 23.9. The number of benzene rings is 5. The number of hydrogen-bond donors (Lipinski definition) is 2. The second-order valence-corrected chi connectivity index (χ2v) is 11.6. The highest BCUT2D eigenvalue weighted by Gasteiger charge is 2.14. The van der Waals surface area contributed by atoms with Crippen molar-refractivity contribution in [3.8, 4) is 33.4 Å². The fraction of sp³-hybridized carbons (Fsp3) is 0.0526. The van der Waals surface area contributed by atoms with E-state index in [1.54, 1.807) is 0 Å². The molecule has 1 aromatic heterocycles. The smallest absolute Gasteiger partial charge is 0.154 e. The Kier molecular flexibility index (Phi) is 6.82. The summed E-state index contributed by atoms with van der Waals surface area (Å²) in [6, 6.07) is 40.6. The summed E-state index contributed by atoms with van der Waals surface area (Å²) < 4.78 is 2.51. The van der Waals surface area contributed by atoms with Crippen molar-refractivity contribution in [2.45, 2.75) is 12.8 Å². The molecule has 0 radical (unpaired) electrons.